The van der Waals surface area contributed by atoms with Crippen molar-refractivity contribution in [3.63, 3.8) is 0 Å². The quantitative estimate of drug-likeness (QED) is 0.712. The van der Waals surface area contributed by atoms with Gasteiger partial charge in [0.15, 0.2) is 0 Å². The Morgan fingerprint density at radius 2 is 2.28 bits per heavy atom. The summed E-state index contributed by atoms with van der Waals surface area (Å²) < 4.78 is 4.95. The first-order chi connectivity index (χ1) is 8.65. The third-order valence-electron chi connectivity index (χ3n) is 2.42. The van der Waals surface area contributed by atoms with Gasteiger partial charge in [-0.15, -0.1) is 0 Å². The fourth-order valence-corrected chi connectivity index (χ4v) is 1.65. The maximum absolute atomic E-state index is 10.9. The van der Waals surface area contributed by atoms with Gasteiger partial charge in [0.2, 0.25) is 0 Å². The van der Waals surface area contributed by atoms with Crippen LogP contribution in [0.2, 0.25) is 5.02 Å². The second-order valence-corrected chi connectivity index (χ2v) is 4.24. The van der Waals surface area contributed by atoms with E-state index in [-0.39, 0.29) is 10.6 Å². The number of ether oxygens (including phenoxy) is 1. The predicted molar refractivity (Wildman–Crippen MR) is 70.4 cm³/mol. The lowest BCUT2D eigenvalue weighted by Crippen LogP contribution is -2.06. The van der Waals surface area contributed by atoms with Gasteiger partial charge in [-0.2, -0.15) is 0 Å². The molecule has 1 heterocycles. The third kappa shape index (κ3) is 4.89. The highest BCUT2D eigenvalue weighted by Gasteiger charge is 2.09. The van der Waals surface area contributed by atoms with E-state index >= 15 is 0 Å². The SMILES string of the molecule is COCCCCCNc1cc(C(=O)O)c(Cl)cn1. The van der Waals surface area contributed by atoms with E-state index in [2.05, 4.69) is 10.3 Å². The van der Waals surface area contributed by atoms with Crippen molar-refractivity contribution in [1.82, 2.24) is 4.98 Å². The number of nitrogens with one attached hydrogen (secondary N) is 1. The number of pyridine rings is 1. The van der Waals surface area contributed by atoms with Crippen LogP contribution in [-0.4, -0.2) is 36.3 Å². The van der Waals surface area contributed by atoms with Crippen molar-refractivity contribution < 1.29 is 14.6 Å². The van der Waals surface area contributed by atoms with Crippen LogP contribution in [0.5, 0.6) is 0 Å². The molecule has 0 aromatic carbocycles. The molecule has 0 saturated carbocycles. The molecule has 100 valence electrons. The van der Waals surface area contributed by atoms with Crippen LogP contribution in [0, 0.1) is 0 Å². The Balaban J connectivity index is 2.38. The van der Waals surface area contributed by atoms with Crippen LogP contribution in [0.4, 0.5) is 5.82 Å². The molecule has 6 heteroatoms. The summed E-state index contributed by atoms with van der Waals surface area (Å²) in [5, 5.41) is 12.1. The lowest BCUT2D eigenvalue weighted by molar-refractivity contribution is 0.0697. The molecule has 0 atom stereocenters. The minimum absolute atomic E-state index is 0.0635. The van der Waals surface area contributed by atoms with E-state index in [4.69, 9.17) is 21.4 Å². The fourth-order valence-electron chi connectivity index (χ4n) is 1.46. The number of rotatable bonds is 8. The average Bonchev–Trinajstić information content (AvgIpc) is 2.35. The van der Waals surface area contributed by atoms with Gasteiger partial charge in [0.1, 0.15) is 5.82 Å². The molecule has 5 nitrogen and oxygen atoms in total. The van der Waals surface area contributed by atoms with Crippen molar-refractivity contribution in [2.24, 2.45) is 0 Å². The van der Waals surface area contributed by atoms with Gasteiger partial charge >= 0.3 is 5.97 Å². The Bertz CT molecular complexity index is 399. The number of aromatic carboxylic acids is 1. The number of hydrogen-bond donors (Lipinski definition) is 2. The second-order valence-electron chi connectivity index (χ2n) is 3.83. The van der Waals surface area contributed by atoms with Crippen LogP contribution < -0.4 is 5.32 Å². The van der Waals surface area contributed by atoms with Crippen LogP contribution in [0.3, 0.4) is 0 Å². The second kappa shape index (κ2) is 7.89. The van der Waals surface area contributed by atoms with E-state index in [1.54, 1.807) is 7.11 Å². The van der Waals surface area contributed by atoms with Crippen molar-refractivity contribution in [3.8, 4) is 0 Å². The largest absolute Gasteiger partial charge is 0.478 e. The van der Waals surface area contributed by atoms with Gasteiger partial charge in [-0.3, -0.25) is 0 Å². The Labute approximate surface area is 111 Å². The summed E-state index contributed by atoms with van der Waals surface area (Å²) in [6, 6.07) is 1.44. The van der Waals surface area contributed by atoms with Crippen molar-refractivity contribution in [2.75, 3.05) is 25.6 Å². The standard InChI is InChI=1S/C12H17ClN2O3/c1-18-6-4-2-3-5-14-11-7-9(12(16)17)10(13)8-15-11/h7-8H,2-6H2,1H3,(H,14,15)(H,16,17). The van der Waals surface area contributed by atoms with Crippen molar-refractivity contribution in [2.45, 2.75) is 19.3 Å². The van der Waals surface area contributed by atoms with E-state index in [1.165, 1.54) is 12.3 Å². The highest BCUT2D eigenvalue weighted by molar-refractivity contribution is 6.33. The number of carboxylic acids is 1. The first-order valence-corrected chi connectivity index (χ1v) is 6.14. The van der Waals surface area contributed by atoms with Gasteiger partial charge in [0, 0.05) is 26.5 Å². The van der Waals surface area contributed by atoms with Crippen LogP contribution in [0.15, 0.2) is 12.3 Å². The number of halogens is 1. The van der Waals surface area contributed by atoms with Gasteiger partial charge in [-0.05, 0) is 25.3 Å². The fraction of sp³-hybridized carbons (Fsp3) is 0.500. The van der Waals surface area contributed by atoms with Gasteiger partial charge in [-0.1, -0.05) is 11.6 Å². The molecule has 0 unspecified atom stereocenters. The maximum Gasteiger partial charge on any atom is 0.337 e. The summed E-state index contributed by atoms with van der Waals surface area (Å²) in [6.45, 7) is 1.51. The number of anilines is 1. The van der Waals surface area contributed by atoms with E-state index in [9.17, 15) is 4.79 Å². The van der Waals surface area contributed by atoms with E-state index in [0.29, 0.717) is 5.82 Å². The molecule has 0 aliphatic rings. The lowest BCUT2D eigenvalue weighted by Gasteiger charge is -2.07. The highest BCUT2D eigenvalue weighted by atomic mass is 35.5. The van der Waals surface area contributed by atoms with Crippen LogP contribution in [-0.2, 0) is 4.74 Å². The molecule has 0 aliphatic heterocycles. The van der Waals surface area contributed by atoms with E-state index in [1.807, 2.05) is 0 Å². The molecule has 0 spiro atoms. The monoisotopic (exact) mass is 272 g/mol. The minimum Gasteiger partial charge on any atom is -0.478 e. The number of carboxylic acid groups (broad SMARTS) is 1. The number of nitrogens with zero attached hydrogens (tertiary/aromatic N) is 1. The summed E-state index contributed by atoms with van der Waals surface area (Å²) in [7, 11) is 1.68. The van der Waals surface area contributed by atoms with Gasteiger partial charge in [0.25, 0.3) is 0 Å². The van der Waals surface area contributed by atoms with Crippen LogP contribution in [0.25, 0.3) is 0 Å². The molecule has 0 radical (unpaired) electrons. The number of unbranched alkanes of at least 4 members (excludes halogenated alkanes) is 2. The first-order valence-electron chi connectivity index (χ1n) is 5.77. The maximum atomic E-state index is 10.9. The number of hydrogen-bond acceptors (Lipinski definition) is 4. The molecule has 0 aliphatic carbocycles. The predicted octanol–water partition coefficient (Wildman–Crippen LogP) is 2.66. The van der Waals surface area contributed by atoms with E-state index < -0.39 is 5.97 Å². The Morgan fingerprint density at radius 3 is 2.94 bits per heavy atom. The summed E-state index contributed by atoms with van der Waals surface area (Å²) >= 11 is 5.72. The lowest BCUT2D eigenvalue weighted by atomic mass is 10.2. The average molecular weight is 273 g/mol. The third-order valence-corrected chi connectivity index (χ3v) is 2.72. The van der Waals surface area contributed by atoms with Gasteiger partial charge in [-0.25, -0.2) is 9.78 Å². The zero-order chi connectivity index (χ0) is 13.4. The topological polar surface area (TPSA) is 71.5 Å². The molecule has 0 fully saturated rings. The summed E-state index contributed by atoms with van der Waals surface area (Å²) in [4.78, 5) is 14.9. The van der Waals surface area contributed by atoms with Gasteiger partial charge < -0.3 is 15.2 Å². The molecule has 1 rings (SSSR count). The molecular formula is C12H17ClN2O3. The molecule has 1 aromatic heterocycles. The molecular weight excluding hydrogens is 256 g/mol. The molecule has 18 heavy (non-hydrogen) atoms. The van der Waals surface area contributed by atoms with Gasteiger partial charge in [0.05, 0.1) is 10.6 Å². The summed E-state index contributed by atoms with van der Waals surface area (Å²) in [5.41, 5.74) is 0.0635. The van der Waals surface area contributed by atoms with Crippen LogP contribution in [0.1, 0.15) is 29.6 Å². The van der Waals surface area contributed by atoms with E-state index in [0.717, 1.165) is 32.4 Å². The zero-order valence-corrected chi connectivity index (χ0v) is 11.0. The normalized spacial score (nSPS) is 10.3. The van der Waals surface area contributed by atoms with Crippen molar-refractivity contribution in [1.29, 1.82) is 0 Å². The Morgan fingerprint density at radius 1 is 1.50 bits per heavy atom. The summed E-state index contributed by atoms with van der Waals surface area (Å²) in [5.74, 6) is -0.519. The molecule has 1 aromatic rings. The zero-order valence-electron chi connectivity index (χ0n) is 10.3. The number of methoxy groups -OCH3 is 1. The highest BCUT2D eigenvalue weighted by Crippen LogP contribution is 2.17. The number of aromatic nitrogens is 1. The summed E-state index contributed by atoms with van der Waals surface area (Å²) in [6.07, 6.45) is 4.40. The van der Waals surface area contributed by atoms with Crippen molar-refractivity contribution >= 4 is 23.4 Å². The Hall–Kier alpha value is -1.33. The molecule has 0 amide bonds. The van der Waals surface area contributed by atoms with Crippen molar-refractivity contribution in [3.05, 3.63) is 22.8 Å². The molecule has 0 saturated heterocycles. The molecule has 0 bridgehead atoms. The Kier molecular flexibility index (Phi) is 6.46. The smallest absolute Gasteiger partial charge is 0.337 e. The van der Waals surface area contributed by atoms with Crippen LogP contribution >= 0.6 is 11.6 Å². The minimum atomic E-state index is -1.05. The number of carbonyl (C=O) groups is 1. The first kappa shape index (κ1) is 14.7. The molecule has 2 N–H and O–H groups in total.